The van der Waals surface area contributed by atoms with Crippen molar-refractivity contribution in [3.05, 3.63) is 28.6 Å². The predicted octanol–water partition coefficient (Wildman–Crippen LogP) is 3.99. The third kappa shape index (κ3) is 3.11. The largest absolute Gasteiger partial charge is 0.493 e. The van der Waals surface area contributed by atoms with Crippen molar-refractivity contribution < 1.29 is 14.3 Å². The van der Waals surface area contributed by atoms with Gasteiger partial charge in [-0.3, -0.25) is 4.79 Å². The molecule has 1 fully saturated rings. The number of carbonyl (C=O) groups is 1. The van der Waals surface area contributed by atoms with Gasteiger partial charge in [-0.05, 0) is 31.7 Å². The van der Waals surface area contributed by atoms with Gasteiger partial charge in [0.25, 0.3) is 0 Å². The molecule has 2 aliphatic rings. The fraction of sp³-hybridized carbons (Fsp3) is 0.474. The van der Waals surface area contributed by atoms with Crippen LogP contribution in [-0.4, -0.2) is 31.2 Å². The van der Waals surface area contributed by atoms with E-state index in [9.17, 15) is 4.79 Å². The van der Waals surface area contributed by atoms with Crippen LogP contribution in [-0.2, 0) is 4.79 Å². The van der Waals surface area contributed by atoms with Gasteiger partial charge in [0.15, 0.2) is 16.6 Å². The molecule has 138 valence electrons. The van der Waals surface area contributed by atoms with Gasteiger partial charge < -0.3 is 20.1 Å². The van der Waals surface area contributed by atoms with E-state index in [1.807, 2.05) is 25.2 Å². The highest BCUT2D eigenvalue weighted by Crippen LogP contribution is 2.47. The lowest BCUT2D eigenvalue weighted by atomic mass is 9.90. The molecule has 0 saturated heterocycles. The molecule has 4 rings (SSSR count). The lowest BCUT2D eigenvalue weighted by molar-refractivity contribution is -0.116. The summed E-state index contributed by atoms with van der Waals surface area (Å²) in [5.74, 6) is 2.04. The number of benzene rings is 1. The van der Waals surface area contributed by atoms with E-state index in [0.29, 0.717) is 12.2 Å². The Kier molecular flexibility index (Phi) is 4.72. The van der Waals surface area contributed by atoms with E-state index >= 15 is 0 Å². The van der Waals surface area contributed by atoms with Gasteiger partial charge >= 0.3 is 0 Å². The van der Waals surface area contributed by atoms with Crippen molar-refractivity contribution in [3.8, 4) is 11.5 Å². The van der Waals surface area contributed by atoms with Gasteiger partial charge in [0.2, 0.25) is 5.91 Å². The van der Waals surface area contributed by atoms with Crippen molar-refractivity contribution in [2.75, 3.05) is 24.8 Å². The summed E-state index contributed by atoms with van der Waals surface area (Å²) in [6, 6.07) is 5.92. The van der Waals surface area contributed by atoms with Gasteiger partial charge in [-0.2, -0.15) is 0 Å². The van der Waals surface area contributed by atoms with Crippen LogP contribution in [0.2, 0.25) is 0 Å². The minimum atomic E-state index is -0.0788. The van der Waals surface area contributed by atoms with Crippen molar-refractivity contribution in [2.45, 2.75) is 44.1 Å². The van der Waals surface area contributed by atoms with E-state index in [0.717, 1.165) is 39.9 Å². The van der Waals surface area contributed by atoms with Crippen LogP contribution >= 0.6 is 11.3 Å². The SMILES string of the molecule is CNc1nc2c(s1)C(c1cccc(OC)c1OC1CCCC1)CC(=O)N2. The number of rotatable bonds is 5. The Balaban J connectivity index is 1.77. The summed E-state index contributed by atoms with van der Waals surface area (Å²) in [5, 5.41) is 6.75. The Hall–Kier alpha value is -2.28. The van der Waals surface area contributed by atoms with Crippen LogP contribution in [0, 0.1) is 0 Å². The third-order valence-corrected chi connectivity index (χ3v) is 6.21. The molecule has 1 aromatic heterocycles. The minimum absolute atomic E-state index is 0.0231. The first-order valence-corrected chi connectivity index (χ1v) is 9.83. The topological polar surface area (TPSA) is 72.5 Å². The fourth-order valence-electron chi connectivity index (χ4n) is 3.74. The number of fused-ring (bicyclic) bond motifs is 1. The number of nitrogens with one attached hydrogen (secondary N) is 2. The van der Waals surface area contributed by atoms with E-state index < -0.39 is 0 Å². The maximum Gasteiger partial charge on any atom is 0.226 e. The predicted molar refractivity (Wildman–Crippen MR) is 103 cm³/mol. The van der Waals surface area contributed by atoms with Gasteiger partial charge in [-0.1, -0.05) is 23.5 Å². The summed E-state index contributed by atoms with van der Waals surface area (Å²) in [6.45, 7) is 0. The van der Waals surface area contributed by atoms with E-state index in [2.05, 4.69) is 15.6 Å². The third-order valence-electron chi connectivity index (χ3n) is 5.02. The summed E-state index contributed by atoms with van der Waals surface area (Å²) >= 11 is 1.57. The molecule has 2 heterocycles. The minimum Gasteiger partial charge on any atom is -0.493 e. The average molecular weight is 373 g/mol. The van der Waals surface area contributed by atoms with Crippen molar-refractivity contribution >= 4 is 28.2 Å². The molecule has 1 saturated carbocycles. The van der Waals surface area contributed by atoms with Crippen molar-refractivity contribution in [1.29, 1.82) is 0 Å². The van der Waals surface area contributed by atoms with Gasteiger partial charge in [-0.15, -0.1) is 0 Å². The number of ether oxygens (including phenoxy) is 2. The van der Waals surface area contributed by atoms with Crippen molar-refractivity contribution in [3.63, 3.8) is 0 Å². The van der Waals surface area contributed by atoms with Gasteiger partial charge in [0.1, 0.15) is 5.82 Å². The molecular formula is C19H23N3O3S. The summed E-state index contributed by atoms with van der Waals surface area (Å²) in [6.07, 6.45) is 5.14. The summed E-state index contributed by atoms with van der Waals surface area (Å²) in [7, 11) is 3.49. The molecule has 1 aromatic carbocycles. The van der Waals surface area contributed by atoms with Crippen LogP contribution in [0.1, 0.15) is 48.5 Å². The number of aromatic nitrogens is 1. The fourth-order valence-corrected chi connectivity index (χ4v) is 4.74. The normalized spacial score (nSPS) is 19.8. The summed E-state index contributed by atoms with van der Waals surface area (Å²) in [5.41, 5.74) is 0.999. The number of hydrogen-bond acceptors (Lipinski definition) is 6. The lowest BCUT2D eigenvalue weighted by Crippen LogP contribution is -2.23. The number of carbonyl (C=O) groups excluding carboxylic acids is 1. The van der Waals surface area contributed by atoms with E-state index in [-0.39, 0.29) is 17.9 Å². The zero-order valence-corrected chi connectivity index (χ0v) is 15.8. The quantitative estimate of drug-likeness (QED) is 0.829. The summed E-state index contributed by atoms with van der Waals surface area (Å²) < 4.78 is 12.0. The average Bonchev–Trinajstić information content (AvgIpc) is 3.30. The van der Waals surface area contributed by atoms with Crippen molar-refractivity contribution in [2.24, 2.45) is 0 Å². The zero-order valence-electron chi connectivity index (χ0n) is 15.0. The molecule has 0 spiro atoms. The zero-order chi connectivity index (χ0) is 18.1. The second kappa shape index (κ2) is 7.15. The standard InChI is InChI=1S/C19H23N3O3S/c1-20-19-22-18-17(26-19)13(10-15(23)21-18)12-8-5-9-14(24-2)16(12)25-11-6-3-4-7-11/h5,8-9,11,13H,3-4,6-7,10H2,1-2H3,(H,20,22)(H,21,23). The highest BCUT2D eigenvalue weighted by Gasteiger charge is 2.33. The number of para-hydroxylation sites is 1. The number of hydrogen-bond donors (Lipinski definition) is 2. The van der Waals surface area contributed by atoms with E-state index in [1.165, 1.54) is 12.8 Å². The smallest absolute Gasteiger partial charge is 0.226 e. The Morgan fingerprint density at radius 3 is 2.85 bits per heavy atom. The molecule has 2 aromatic rings. The Morgan fingerprint density at radius 2 is 2.12 bits per heavy atom. The Bertz CT molecular complexity index is 814. The highest BCUT2D eigenvalue weighted by molar-refractivity contribution is 7.16. The molecule has 1 atom stereocenters. The number of amides is 1. The van der Waals surface area contributed by atoms with Crippen LogP contribution in [0.15, 0.2) is 18.2 Å². The molecule has 1 amide bonds. The van der Waals surface area contributed by atoms with Crippen LogP contribution in [0.25, 0.3) is 0 Å². The molecule has 0 radical (unpaired) electrons. The molecule has 1 aliphatic heterocycles. The first kappa shape index (κ1) is 17.1. The summed E-state index contributed by atoms with van der Waals surface area (Å²) in [4.78, 5) is 17.8. The van der Waals surface area contributed by atoms with Crippen LogP contribution in [0.5, 0.6) is 11.5 Å². The van der Waals surface area contributed by atoms with E-state index in [1.54, 1.807) is 18.4 Å². The van der Waals surface area contributed by atoms with Crippen LogP contribution < -0.4 is 20.1 Å². The van der Waals surface area contributed by atoms with Crippen LogP contribution in [0.3, 0.4) is 0 Å². The molecule has 0 bridgehead atoms. The molecular weight excluding hydrogens is 350 g/mol. The highest BCUT2D eigenvalue weighted by atomic mass is 32.1. The first-order valence-electron chi connectivity index (χ1n) is 9.01. The molecule has 6 nitrogen and oxygen atoms in total. The van der Waals surface area contributed by atoms with Gasteiger partial charge in [0, 0.05) is 24.9 Å². The Morgan fingerprint density at radius 1 is 1.31 bits per heavy atom. The molecule has 26 heavy (non-hydrogen) atoms. The first-order chi connectivity index (χ1) is 12.7. The number of nitrogens with zero attached hydrogens (tertiary/aromatic N) is 1. The number of anilines is 2. The number of thiazole rings is 1. The van der Waals surface area contributed by atoms with E-state index in [4.69, 9.17) is 9.47 Å². The molecule has 2 N–H and O–H groups in total. The second-order valence-corrected chi connectivity index (χ2v) is 7.72. The molecule has 7 heteroatoms. The van der Waals surface area contributed by atoms with Gasteiger partial charge in [0.05, 0.1) is 18.1 Å². The maximum absolute atomic E-state index is 12.3. The van der Waals surface area contributed by atoms with Crippen molar-refractivity contribution in [1.82, 2.24) is 4.98 Å². The van der Waals surface area contributed by atoms with Crippen LogP contribution in [0.4, 0.5) is 10.9 Å². The lowest BCUT2D eigenvalue weighted by Gasteiger charge is -2.26. The number of methoxy groups -OCH3 is 1. The molecule has 1 aliphatic carbocycles. The monoisotopic (exact) mass is 373 g/mol. The Labute approximate surface area is 156 Å². The maximum atomic E-state index is 12.3. The molecule has 1 unspecified atom stereocenters. The second-order valence-electron chi connectivity index (χ2n) is 6.69. The van der Waals surface area contributed by atoms with Gasteiger partial charge in [-0.25, -0.2) is 4.98 Å².